The van der Waals surface area contributed by atoms with E-state index < -0.39 is 5.60 Å². The fourth-order valence-corrected chi connectivity index (χ4v) is 3.26. The van der Waals surface area contributed by atoms with Crippen LogP contribution in [0.4, 0.5) is 4.79 Å². The van der Waals surface area contributed by atoms with Crippen molar-refractivity contribution in [3.63, 3.8) is 0 Å². The number of amides is 1. The SMILES string of the molecule is CC(C)(C)OC(=O)NCCN1CCN(Cc2ccc3[nH]ccc3c2)CC1. The Balaban J connectivity index is 1.37. The van der Waals surface area contributed by atoms with E-state index in [0.717, 1.165) is 39.3 Å². The number of rotatable bonds is 5. The van der Waals surface area contributed by atoms with Crippen LogP contribution in [0.2, 0.25) is 0 Å². The van der Waals surface area contributed by atoms with Crippen LogP contribution in [0.1, 0.15) is 26.3 Å². The number of nitrogens with zero attached hydrogens (tertiary/aromatic N) is 2. The molecule has 0 atom stereocenters. The lowest BCUT2D eigenvalue weighted by Crippen LogP contribution is -2.48. The number of aromatic nitrogens is 1. The number of alkyl carbamates (subject to hydrolysis) is 1. The smallest absolute Gasteiger partial charge is 0.407 e. The predicted octanol–water partition coefficient (Wildman–Crippen LogP) is 2.81. The van der Waals surface area contributed by atoms with Crippen molar-refractivity contribution < 1.29 is 9.53 Å². The summed E-state index contributed by atoms with van der Waals surface area (Å²) in [6, 6.07) is 8.75. The third-order valence-electron chi connectivity index (χ3n) is 4.59. The summed E-state index contributed by atoms with van der Waals surface area (Å²) in [6.45, 7) is 12.3. The lowest BCUT2D eigenvalue weighted by molar-refractivity contribution is 0.0515. The van der Waals surface area contributed by atoms with E-state index >= 15 is 0 Å². The highest BCUT2D eigenvalue weighted by Crippen LogP contribution is 2.16. The minimum absolute atomic E-state index is 0.337. The Morgan fingerprint density at radius 3 is 2.62 bits per heavy atom. The molecule has 6 heteroatoms. The maximum Gasteiger partial charge on any atom is 0.407 e. The molecule has 1 aliphatic heterocycles. The van der Waals surface area contributed by atoms with Crippen LogP contribution in [-0.2, 0) is 11.3 Å². The summed E-state index contributed by atoms with van der Waals surface area (Å²) in [6.07, 6.45) is 1.65. The monoisotopic (exact) mass is 358 g/mol. The van der Waals surface area contributed by atoms with Gasteiger partial charge in [-0.1, -0.05) is 6.07 Å². The van der Waals surface area contributed by atoms with Crippen molar-refractivity contribution in [2.75, 3.05) is 39.3 Å². The number of carbonyl (C=O) groups excluding carboxylic acids is 1. The number of hydrogen-bond donors (Lipinski definition) is 2. The fourth-order valence-electron chi connectivity index (χ4n) is 3.26. The summed E-state index contributed by atoms with van der Waals surface area (Å²) in [5, 5.41) is 4.11. The van der Waals surface area contributed by atoms with Gasteiger partial charge in [0.2, 0.25) is 0 Å². The summed E-state index contributed by atoms with van der Waals surface area (Å²) >= 11 is 0. The summed E-state index contributed by atoms with van der Waals surface area (Å²) in [5.41, 5.74) is 2.10. The van der Waals surface area contributed by atoms with Crippen LogP contribution in [0.3, 0.4) is 0 Å². The van der Waals surface area contributed by atoms with E-state index in [9.17, 15) is 4.79 Å². The number of benzene rings is 1. The summed E-state index contributed by atoms with van der Waals surface area (Å²) in [4.78, 5) is 19.8. The Bertz CT molecular complexity index is 727. The minimum Gasteiger partial charge on any atom is -0.444 e. The van der Waals surface area contributed by atoms with Gasteiger partial charge in [0.1, 0.15) is 5.60 Å². The Kier molecular flexibility index (Phi) is 5.84. The van der Waals surface area contributed by atoms with E-state index in [1.807, 2.05) is 27.0 Å². The zero-order valence-corrected chi connectivity index (χ0v) is 16.0. The molecule has 1 amide bonds. The predicted molar refractivity (Wildman–Crippen MR) is 104 cm³/mol. The van der Waals surface area contributed by atoms with Crippen molar-refractivity contribution in [3.05, 3.63) is 36.0 Å². The number of aromatic amines is 1. The summed E-state index contributed by atoms with van der Waals surface area (Å²) in [5.74, 6) is 0. The topological polar surface area (TPSA) is 60.6 Å². The third-order valence-corrected chi connectivity index (χ3v) is 4.59. The summed E-state index contributed by atoms with van der Waals surface area (Å²) in [7, 11) is 0. The van der Waals surface area contributed by atoms with Gasteiger partial charge in [-0.15, -0.1) is 0 Å². The van der Waals surface area contributed by atoms with Crippen LogP contribution in [0.5, 0.6) is 0 Å². The molecule has 0 bridgehead atoms. The van der Waals surface area contributed by atoms with E-state index in [1.54, 1.807) is 0 Å². The molecule has 6 nitrogen and oxygen atoms in total. The van der Waals surface area contributed by atoms with Gasteiger partial charge in [0.15, 0.2) is 0 Å². The molecule has 0 radical (unpaired) electrons. The van der Waals surface area contributed by atoms with Crippen LogP contribution in [0.25, 0.3) is 10.9 Å². The molecule has 0 aliphatic carbocycles. The maximum absolute atomic E-state index is 11.7. The molecule has 1 aromatic carbocycles. The number of carbonyl (C=O) groups is 1. The second-order valence-corrected chi connectivity index (χ2v) is 7.95. The van der Waals surface area contributed by atoms with Crippen LogP contribution in [-0.4, -0.2) is 65.7 Å². The van der Waals surface area contributed by atoms with E-state index in [2.05, 4.69) is 44.4 Å². The molecule has 2 aromatic rings. The fraction of sp³-hybridized carbons (Fsp3) is 0.550. The van der Waals surface area contributed by atoms with Gasteiger partial charge in [-0.3, -0.25) is 9.80 Å². The Hall–Kier alpha value is -2.05. The van der Waals surface area contributed by atoms with Crippen molar-refractivity contribution in [1.82, 2.24) is 20.1 Å². The highest BCUT2D eigenvalue weighted by Gasteiger charge is 2.18. The second-order valence-electron chi connectivity index (χ2n) is 7.95. The number of hydrogen-bond acceptors (Lipinski definition) is 4. The molecular weight excluding hydrogens is 328 g/mol. The lowest BCUT2D eigenvalue weighted by atomic mass is 10.1. The molecule has 1 aliphatic rings. The average molecular weight is 358 g/mol. The van der Waals surface area contributed by atoms with Crippen molar-refractivity contribution in [3.8, 4) is 0 Å². The molecule has 0 saturated carbocycles. The van der Waals surface area contributed by atoms with Crippen LogP contribution in [0, 0.1) is 0 Å². The molecule has 3 rings (SSSR count). The van der Waals surface area contributed by atoms with Gasteiger partial charge in [-0.2, -0.15) is 0 Å². The maximum atomic E-state index is 11.7. The Morgan fingerprint density at radius 1 is 1.15 bits per heavy atom. The van der Waals surface area contributed by atoms with E-state index in [4.69, 9.17) is 4.74 Å². The first-order chi connectivity index (χ1) is 12.4. The third kappa shape index (κ3) is 5.47. The van der Waals surface area contributed by atoms with Crippen molar-refractivity contribution >= 4 is 17.0 Å². The molecular formula is C20H30N4O2. The largest absolute Gasteiger partial charge is 0.444 e. The highest BCUT2D eigenvalue weighted by molar-refractivity contribution is 5.79. The standard InChI is InChI=1S/C20H30N4O2/c1-20(2,3)26-19(25)22-8-9-23-10-12-24(13-11-23)15-16-4-5-18-17(14-16)6-7-21-18/h4-7,14,21H,8-13,15H2,1-3H3,(H,22,25). The number of H-pyrrole nitrogens is 1. The molecule has 142 valence electrons. The number of ether oxygens (including phenoxy) is 1. The van der Waals surface area contributed by atoms with Gasteiger partial charge in [0, 0.05) is 57.5 Å². The number of piperazine rings is 1. The van der Waals surface area contributed by atoms with Crippen molar-refractivity contribution in [2.24, 2.45) is 0 Å². The van der Waals surface area contributed by atoms with Crippen LogP contribution >= 0.6 is 0 Å². The van der Waals surface area contributed by atoms with Crippen molar-refractivity contribution in [1.29, 1.82) is 0 Å². The van der Waals surface area contributed by atoms with Gasteiger partial charge in [-0.25, -0.2) is 4.79 Å². The van der Waals surface area contributed by atoms with Gasteiger partial charge >= 0.3 is 6.09 Å². The van der Waals surface area contributed by atoms with Gasteiger partial charge in [0.25, 0.3) is 0 Å². The normalized spacial score (nSPS) is 16.7. The lowest BCUT2D eigenvalue weighted by Gasteiger charge is -2.34. The quantitative estimate of drug-likeness (QED) is 0.863. The van der Waals surface area contributed by atoms with Crippen LogP contribution < -0.4 is 5.32 Å². The van der Waals surface area contributed by atoms with E-state index in [0.29, 0.717) is 6.54 Å². The summed E-state index contributed by atoms with van der Waals surface area (Å²) < 4.78 is 5.26. The molecule has 1 fully saturated rings. The molecule has 2 heterocycles. The first kappa shape index (κ1) is 18.7. The Labute approximate surface area is 155 Å². The van der Waals surface area contributed by atoms with E-state index in [1.165, 1.54) is 16.5 Å². The average Bonchev–Trinajstić information content (AvgIpc) is 3.02. The van der Waals surface area contributed by atoms with Gasteiger partial charge in [0.05, 0.1) is 0 Å². The zero-order chi connectivity index (χ0) is 18.6. The first-order valence-corrected chi connectivity index (χ1v) is 9.37. The second kappa shape index (κ2) is 8.10. The van der Waals surface area contributed by atoms with E-state index in [-0.39, 0.29) is 6.09 Å². The van der Waals surface area contributed by atoms with Gasteiger partial charge < -0.3 is 15.0 Å². The molecule has 0 spiro atoms. The highest BCUT2D eigenvalue weighted by atomic mass is 16.6. The minimum atomic E-state index is -0.445. The molecule has 0 unspecified atom stereocenters. The van der Waals surface area contributed by atoms with Crippen LogP contribution in [0.15, 0.2) is 30.5 Å². The first-order valence-electron chi connectivity index (χ1n) is 9.37. The molecule has 2 N–H and O–H groups in total. The van der Waals surface area contributed by atoms with Gasteiger partial charge in [-0.05, 0) is 49.9 Å². The number of fused-ring (bicyclic) bond motifs is 1. The van der Waals surface area contributed by atoms with Crippen molar-refractivity contribution in [2.45, 2.75) is 32.9 Å². The number of nitrogens with one attached hydrogen (secondary N) is 2. The molecule has 1 saturated heterocycles. The molecule has 26 heavy (non-hydrogen) atoms. The zero-order valence-electron chi connectivity index (χ0n) is 16.0. The Morgan fingerprint density at radius 2 is 1.88 bits per heavy atom. The molecule has 1 aromatic heterocycles.